The van der Waals surface area contributed by atoms with Gasteiger partial charge in [-0.1, -0.05) is 243 Å². The quantitative estimate of drug-likeness (QED) is 0.0262. The van der Waals surface area contributed by atoms with Gasteiger partial charge in [-0.25, -0.2) is 0 Å². The lowest BCUT2D eigenvalue weighted by atomic mass is 10.0. The zero-order valence-electron chi connectivity index (χ0n) is 42.8. The number of carbonyl (C=O) groups excluding carboxylic acids is 3. The summed E-state index contributed by atoms with van der Waals surface area (Å²) < 4.78 is 16.8. The predicted molar refractivity (Wildman–Crippen MR) is 275 cm³/mol. The van der Waals surface area contributed by atoms with Crippen LogP contribution in [0.4, 0.5) is 0 Å². The summed E-state index contributed by atoms with van der Waals surface area (Å²) in [7, 11) is 0. The van der Waals surface area contributed by atoms with E-state index < -0.39 is 6.10 Å². The number of hydrogen-bond acceptors (Lipinski definition) is 6. The highest BCUT2D eigenvalue weighted by atomic mass is 16.6. The highest BCUT2D eigenvalue weighted by Crippen LogP contribution is 2.16. The fraction of sp³-hybridized carbons (Fsp3) is 0.845. The standard InChI is InChI=1S/C58H106O6/c1-4-7-10-13-16-19-22-25-27-28-29-30-31-32-34-36-39-42-45-48-51-57(60)63-54-55(53-62-56(59)50-47-44-41-38-35-24-21-18-15-12-9-6-3)64-58(61)52-49-46-43-40-37-33-26-23-20-17-14-11-8-5-2/h14,17-18,21,23,26,55H,4-13,15-16,19-20,22,24-25,27-54H2,1-3H3/b17-14-,21-18-,26-23-. The fourth-order valence-corrected chi connectivity index (χ4v) is 8.10. The van der Waals surface area contributed by atoms with Gasteiger partial charge >= 0.3 is 17.9 Å². The summed E-state index contributed by atoms with van der Waals surface area (Å²) in [6, 6.07) is 0. The van der Waals surface area contributed by atoms with E-state index in [1.165, 1.54) is 167 Å². The van der Waals surface area contributed by atoms with Crippen molar-refractivity contribution >= 4 is 17.9 Å². The van der Waals surface area contributed by atoms with Crippen LogP contribution in [-0.4, -0.2) is 37.2 Å². The van der Waals surface area contributed by atoms with Crippen molar-refractivity contribution in [1.82, 2.24) is 0 Å². The van der Waals surface area contributed by atoms with Crippen molar-refractivity contribution in [3.63, 3.8) is 0 Å². The van der Waals surface area contributed by atoms with Crippen molar-refractivity contribution in [2.45, 2.75) is 303 Å². The molecular formula is C58H106O6. The van der Waals surface area contributed by atoms with Gasteiger partial charge in [0.1, 0.15) is 13.2 Å². The summed E-state index contributed by atoms with van der Waals surface area (Å²) in [5, 5.41) is 0. The van der Waals surface area contributed by atoms with Crippen LogP contribution < -0.4 is 0 Å². The van der Waals surface area contributed by atoms with Crippen molar-refractivity contribution in [3.8, 4) is 0 Å². The first-order valence-corrected chi connectivity index (χ1v) is 28.0. The molecule has 0 radical (unpaired) electrons. The Morgan fingerprint density at radius 1 is 0.312 bits per heavy atom. The summed E-state index contributed by atoms with van der Waals surface area (Å²) in [6.45, 7) is 6.59. The van der Waals surface area contributed by atoms with Crippen LogP contribution in [0.15, 0.2) is 36.5 Å². The van der Waals surface area contributed by atoms with Crippen LogP contribution in [0.25, 0.3) is 0 Å². The van der Waals surface area contributed by atoms with Gasteiger partial charge in [-0.05, 0) is 70.6 Å². The summed E-state index contributed by atoms with van der Waals surface area (Å²) >= 11 is 0. The van der Waals surface area contributed by atoms with E-state index in [4.69, 9.17) is 14.2 Å². The first-order valence-electron chi connectivity index (χ1n) is 28.0. The van der Waals surface area contributed by atoms with Gasteiger partial charge < -0.3 is 14.2 Å². The van der Waals surface area contributed by atoms with E-state index >= 15 is 0 Å². The zero-order chi connectivity index (χ0) is 46.5. The molecule has 0 rings (SSSR count). The lowest BCUT2D eigenvalue weighted by Gasteiger charge is -2.18. The van der Waals surface area contributed by atoms with Crippen LogP contribution in [0.5, 0.6) is 0 Å². The summed E-state index contributed by atoms with van der Waals surface area (Å²) in [5.41, 5.74) is 0. The van der Waals surface area contributed by atoms with Crippen LogP contribution >= 0.6 is 0 Å². The molecule has 0 saturated carbocycles. The minimum atomic E-state index is -0.779. The van der Waals surface area contributed by atoms with E-state index in [0.717, 1.165) is 89.9 Å². The minimum absolute atomic E-state index is 0.0772. The van der Waals surface area contributed by atoms with Crippen LogP contribution in [-0.2, 0) is 28.6 Å². The van der Waals surface area contributed by atoms with Gasteiger partial charge in [-0.15, -0.1) is 0 Å². The minimum Gasteiger partial charge on any atom is -0.462 e. The van der Waals surface area contributed by atoms with Crippen molar-refractivity contribution in [2.75, 3.05) is 13.2 Å². The second-order valence-electron chi connectivity index (χ2n) is 18.8. The molecule has 0 aromatic rings. The maximum atomic E-state index is 12.8. The topological polar surface area (TPSA) is 78.9 Å². The average Bonchev–Trinajstić information content (AvgIpc) is 3.29. The Hall–Kier alpha value is -2.37. The molecule has 0 amide bonds. The Kier molecular flexibility index (Phi) is 51.3. The van der Waals surface area contributed by atoms with Gasteiger partial charge in [-0.3, -0.25) is 14.4 Å². The Morgan fingerprint density at radius 3 is 0.953 bits per heavy atom. The second kappa shape index (κ2) is 53.2. The van der Waals surface area contributed by atoms with E-state index in [2.05, 4.69) is 57.2 Å². The molecule has 374 valence electrons. The largest absolute Gasteiger partial charge is 0.462 e. The first-order chi connectivity index (χ1) is 31.5. The van der Waals surface area contributed by atoms with Gasteiger partial charge in [0, 0.05) is 19.3 Å². The molecule has 0 fully saturated rings. The molecule has 0 aliphatic carbocycles. The maximum absolute atomic E-state index is 12.8. The number of ether oxygens (including phenoxy) is 3. The Bertz CT molecular complexity index is 1080. The number of hydrogen-bond donors (Lipinski definition) is 0. The van der Waals surface area contributed by atoms with Crippen molar-refractivity contribution in [1.29, 1.82) is 0 Å². The van der Waals surface area contributed by atoms with E-state index in [1.54, 1.807) is 0 Å². The maximum Gasteiger partial charge on any atom is 0.306 e. The molecule has 0 aromatic carbocycles. The van der Waals surface area contributed by atoms with Crippen LogP contribution in [0.3, 0.4) is 0 Å². The third-order valence-electron chi connectivity index (χ3n) is 12.4. The van der Waals surface area contributed by atoms with Crippen molar-refractivity contribution in [2.24, 2.45) is 0 Å². The molecule has 6 nitrogen and oxygen atoms in total. The van der Waals surface area contributed by atoms with E-state index in [9.17, 15) is 14.4 Å². The predicted octanol–water partition coefficient (Wildman–Crippen LogP) is 18.5. The second-order valence-corrected chi connectivity index (χ2v) is 18.8. The molecule has 1 unspecified atom stereocenters. The summed E-state index contributed by atoms with van der Waals surface area (Å²) in [4.78, 5) is 38.0. The molecule has 64 heavy (non-hydrogen) atoms. The van der Waals surface area contributed by atoms with Gasteiger partial charge in [0.25, 0.3) is 0 Å². The molecule has 1 atom stereocenters. The molecule has 0 heterocycles. The number of carbonyl (C=O) groups is 3. The SMILES string of the molecule is CCCC/C=C\C/C=C\CCCCCCCC(=O)OC(COC(=O)CCCCCCC/C=C\CCCCC)COC(=O)CCCCCCCCCCCCCCCCCCCCCC. The molecule has 0 aliphatic rings. The van der Waals surface area contributed by atoms with E-state index in [-0.39, 0.29) is 31.1 Å². The number of allylic oxidation sites excluding steroid dienone is 6. The average molecular weight is 899 g/mol. The highest BCUT2D eigenvalue weighted by Gasteiger charge is 2.19. The lowest BCUT2D eigenvalue weighted by molar-refractivity contribution is -0.167. The third-order valence-corrected chi connectivity index (χ3v) is 12.4. The Morgan fingerprint density at radius 2 is 0.578 bits per heavy atom. The van der Waals surface area contributed by atoms with Gasteiger partial charge in [0.15, 0.2) is 6.10 Å². The Balaban J connectivity index is 4.30. The van der Waals surface area contributed by atoms with Gasteiger partial charge in [0.05, 0.1) is 0 Å². The molecule has 0 bridgehead atoms. The zero-order valence-corrected chi connectivity index (χ0v) is 42.8. The van der Waals surface area contributed by atoms with E-state index in [0.29, 0.717) is 19.3 Å². The van der Waals surface area contributed by atoms with Crippen LogP contribution in [0.1, 0.15) is 297 Å². The van der Waals surface area contributed by atoms with Crippen LogP contribution in [0.2, 0.25) is 0 Å². The first kappa shape index (κ1) is 61.6. The summed E-state index contributed by atoms with van der Waals surface area (Å²) in [6.07, 6.45) is 62.8. The van der Waals surface area contributed by atoms with Crippen LogP contribution in [0, 0.1) is 0 Å². The van der Waals surface area contributed by atoms with Crippen molar-refractivity contribution < 1.29 is 28.6 Å². The lowest BCUT2D eigenvalue weighted by Crippen LogP contribution is -2.30. The van der Waals surface area contributed by atoms with Gasteiger partial charge in [-0.2, -0.15) is 0 Å². The number of unbranched alkanes of at least 4 members (excludes halogenated alkanes) is 34. The molecule has 0 aliphatic heterocycles. The molecule has 0 saturated heterocycles. The van der Waals surface area contributed by atoms with E-state index in [1.807, 2.05) is 0 Å². The number of rotatable bonds is 51. The fourth-order valence-electron chi connectivity index (χ4n) is 8.10. The monoisotopic (exact) mass is 899 g/mol. The van der Waals surface area contributed by atoms with Crippen molar-refractivity contribution in [3.05, 3.63) is 36.5 Å². The smallest absolute Gasteiger partial charge is 0.306 e. The Labute approximate surface area is 397 Å². The van der Waals surface area contributed by atoms with Gasteiger partial charge in [0.2, 0.25) is 0 Å². The summed E-state index contributed by atoms with van der Waals surface area (Å²) in [5.74, 6) is -0.887. The highest BCUT2D eigenvalue weighted by molar-refractivity contribution is 5.71. The molecule has 6 heteroatoms. The molecule has 0 aromatic heterocycles. The molecule has 0 spiro atoms. The number of esters is 3. The molecular weight excluding hydrogens is 793 g/mol. The normalized spacial score (nSPS) is 12.2. The molecule has 0 N–H and O–H groups in total. The third kappa shape index (κ3) is 50.6.